The van der Waals surface area contributed by atoms with E-state index in [0.29, 0.717) is 5.75 Å². The summed E-state index contributed by atoms with van der Waals surface area (Å²) in [6, 6.07) is 7.09. The number of benzene rings is 1. The van der Waals surface area contributed by atoms with Crippen molar-refractivity contribution in [1.82, 2.24) is 0 Å². The number of rotatable bonds is 7. The molecule has 11 atom stereocenters. The van der Waals surface area contributed by atoms with Gasteiger partial charge in [0.15, 0.2) is 12.6 Å². The van der Waals surface area contributed by atoms with Gasteiger partial charge in [-0.3, -0.25) is 0 Å². The predicted octanol–water partition coefficient (Wildman–Crippen LogP) is -1.36. The van der Waals surface area contributed by atoms with Gasteiger partial charge in [0, 0.05) is 12.0 Å². The van der Waals surface area contributed by atoms with Crippen LogP contribution in [0.3, 0.4) is 0 Å². The lowest BCUT2D eigenvalue weighted by molar-refractivity contribution is -0.371. The maximum Gasteiger partial charge on any atom is 0.331 e. The van der Waals surface area contributed by atoms with Crippen LogP contribution in [0.4, 0.5) is 0 Å². The zero-order chi connectivity index (χ0) is 25.6. The molecule has 1 saturated carbocycles. The second-order valence-electron chi connectivity index (χ2n) is 9.10. The average Bonchev–Trinajstić information content (AvgIpc) is 3.57. The van der Waals surface area contributed by atoms with E-state index in [1.807, 2.05) is 0 Å². The first kappa shape index (κ1) is 25.1. The number of esters is 1. The van der Waals surface area contributed by atoms with Crippen LogP contribution in [-0.2, 0) is 28.5 Å². The van der Waals surface area contributed by atoms with Crippen molar-refractivity contribution in [3.63, 3.8) is 0 Å². The van der Waals surface area contributed by atoms with Crippen LogP contribution >= 0.6 is 0 Å². The van der Waals surface area contributed by atoms with Crippen molar-refractivity contribution >= 4 is 12.0 Å². The molecule has 1 aromatic rings. The highest BCUT2D eigenvalue weighted by atomic mass is 16.8. The number of carbonyl (C=O) groups is 1. The Morgan fingerprint density at radius 1 is 1.08 bits per heavy atom. The van der Waals surface area contributed by atoms with Gasteiger partial charge in [-0.05, 0) is 29.8 Å². The quantitative estimate of drug-likeness (QED) is 0.166. The lowest BCUT2D eigenvalue weighted by Gasteiger charge is -2.42. The number of hydrogen-bond acceptors (Lipinski definition) is 12. The number of carbonyl (C=O) groups excluding carboxylic acids is 1. The largest absolute Gasteiger partial charge is 0.497 e. The Kier molecular flexibility index (Phi) is 6.78. The van der Waals surface area contributed by atoms with Gasteiger partial charge in [-0.25, -0.2) is 4.79 Å². The smallest absolute Gasteiger partial charge is 0.331 e. The van der Waals surface area contributed by atoms with Gasteiger partial charge in [-0.15, -0.1) is 0 Å². The number of aliphatic hydroxyl groups is 5. The Morgan fingerprint density at radius 2 is 1.83 bits per heavy atom. The highest BCUT2D eigenvalue weighted by Gasteiger charge is 2.77. The van der Waals surface area contributed by atoms with Crippen LogP contribution in [0.15, 0.2) is 42.7 Å². The molecule has 0 radical (unpaired) electrons. The van der Waals surface area contributed by atoms with E-state index < -0.39 is 79.4 Å². The number of hydrogen-bond donors (Lipinski definition) is 5. The van der Waals surface area contributed by atoms with Crippen molar-refractivity contribution in [1.29, 1.82) is 0 Å². The maximum absolute atomic E-state index is 12.6. The second-order valence-corrected chi connectivity index (χ2v) is 9.10. The Labute approximate surface area is 205 Å². The first-order valence-electron chi connectivity index (χ1n) is 11.5. The molecule has 1 aliphatic carbocycles. The van der Waals surface area contributed by atoms with Gasteiger partial charge < -0.3 is 54.0 Å². The molecular formula is C24H28O12. The van der Waals surface area contributed by atoms with Gasteiger partial charge in [0.1, 0.15) is 41.9 Å². The number of fused-ring (bicyclic) bond motifs is 3. The minimum Gasteiger partial charge on any atom is -0.497 e. The predicted molar refractivity (Wildman–Crippen MR) is 118 cm³/mol. The van der Waals surface area contributed by atoms with Gasteiger partial charge in [-0.2, -0.15) is 0 Å². The summed E-state index contributed by atoms with van der Waals surface area (Å²) < 4.78 is 32.9. The Bertz CT molecular complexity index is 1010. The molecule has 0 amide bonds. The Hall–Kier alpha value is -2.55. The molecule has 12 heteroatoms. The number of aliphatic hydroxyl groups excluding tert-OH is 5. The van der Waals surface area contributed by atoms with E-state index >= 15 is 0 Å². The SMILES string of the molecule is COc1ccc(/C=C/C(=O)O[C@H]2[C@@H]3C=CO[C@@H](O[C@@H]4OC(O)[C@H](O)C(O)[C@@H]4O)[C@@H]3[C@@]3(CO)O[C@@H]23)cc1. The summed E-state index contributed by atoms with van der Waals surface area (Å²) in [4.78, 5) is 12.6. The van der Waals surface area contributed by atoms with Gasteiger partial charge >= 0.3 is 5.97 Å². The fourth-order valence-corrected chi connectivity index (χ4v) is 5.10. The first-order chi connectivity index (χ1) is 17.3. The molecule has 5 rings (SSSR count). The van der Waals surface area contributed by atoms with E-state index in [1.165, 1.54) is 12.3 Å². The second kappa shape index (κ2) is 9.72. The summed E-state index contributed by atoms with van der Waals surface area (Å²) in [5, 5.41) is 49.8. The van der Waals surface area contributed by atoms with Crippen LogP contribution in [0.5, 0.6) is 5.75 Å². The summed E-state index contributed by atoms with van der Waals surface area (Å²) in [5.74, 6) is -1.05. The number of epoxide rings is 1. The van der Waals surface area contributed by atoms with E-state index in [4.69, 9.17) is 28.4 Å². The van der Waals surface area contributed by atoms with Crippen LogP contribution < -0.4 is 4.74 Å². The molecule has 2 saturated heterocycles. The molecule has 0 aromatic heterocycles. The topological polar surface area (TPSA) is 177 Å². The Morgan fingerprint density at radius 3 is 2.53 bits per heavy atom. The maximum atomic E-state index is 12.6. The molecule has 5 N–H and O–H groups in total. The average molecular weight is 508 g/mol. The Balaban J connectivity index is 1.28. The summed E-state index contributed by atoms with van der Waals surface area (Å²) in [6.07, 6.45) is -5.09. The molecule has 0 bridgehead atoms. The van der Waals surface area contributed by atoms with Gasteiger partial charge in [0.25, 0.3) is 0 Å². The summed E-state index contributed by atoms with van der Waals surface area (Å²) in [6.45, 7) is -0.413. The molecule has 3 aliphatic heterocycles. The lowest BCUT2D eigenvalue weighted by Crippen LogP contribution is -2.59. The molecular weight excluding hydrogens is 480 g/mol. The van der Waals surface area contributed by atoms with E-state index in [0.717, 1.165) is 5.56 Å². The van der Waals surface area contributed by atoms with Crippen molar-refractivity contribution in [3.05, 3.63) is 48.2 Å². The van der Waals surface area contributed by atoms with Crippen LogP contribution in [-0.4, -0.2) is 100 Å². The van der Waals surface area contributed by atoms with Crippen LogP contribution in [0.25, 0.3) is 6.08 Å². The van der Waals surface area contributed by atoms with Crippen LogP contribution in [0.2, 0.25) is 0 Å². The van der Waals surface area contributed by atoms with E-state index in [2.05, 4.69) is 0 Å². The number of ether oxygens (including phenoxy) is 6. The summed E-state index contributed by atoms with van der Waals surface area (Å²) in [7, 11) is 1.56. The van der Waals surface area contributed by atoms with Crippen molar-refractivity contribution in [2.45, 2.75) is 55.0 Å². The molecule has 36 heavy (non-hydrogen) atoms. The summed E-state index contributed by atoms with van der Waals surface area (Å²) >= 11 is 0. The third-order valence-corrected chi connectivity index (χ3v) is 7.07. The van der Waals surface area contributed by atoms with Gasteiger partial charge in [-0.1, -0.05) is 12.1 Å². The van der Waals surface area contributed by atoms with Crippen molar-refractivity contribution < 1.29 is 58.7 Å². The first-order valence-corrected chi connectivity index (χ1v) is 11.5. The zero-order valence-electron chi connectivity index (χ0n) is 19.2. The van der Waals surface area contributed by atoms with E-state index in [-0.39, 0.29) is 0 Å². The highest BCUT2D eigenvalue weighted by Crippen LogP contribution is 2.60. The molecule has 3 heterocycles. The normalized spacial score (nSPS) is 42.9. The van der Waals surface area contributed by atoms with Crippen molar-refractivity contribution in [3.8, 4) is 5.75 Å². The zero-order valence-corrected chi connectivity index (χ0v) is 19.2. The lowest BCUT2D eigenvalue weighted by atomic mass is 9.85. The molecule has 1 aromatic carbocycles. The monoisotopic (exact) mass is 508 g/mol. The molecule has 4 aliphatic rings. The van der Waals surface area contributed by atoms with Crippen molar-refractivity contribution in [2.24, 2.45) is 11.8 Å². The van der Waals surface area contributed by atoms with Crippen LogP contribution in [0, 0.1) is 11.8 Å². The standard InChI is InChI=1S/C24H28O12/c1-31-12-5-2-11(3-6-12)4-7-14(26)33-19-13-8-9-32-22(15(13)24(10-25)20(19)36-24)35-23-18(29)16(27)17(28)21(30)34-23/h2-9,13,15-23,25,27-30H,10H2,1H3/b7-4+/t13-,15-,16?,17-,18+,19+,20+,21?,22+,23+,24-/m1/s1. The fourth-order valence-electron chi connectivity index (χ4n) is 5.10. The minimum absolute atomic E-state index is 0.413. The van der Waals surface area contributed by atoms with Crippen LogP contribution in [0.1, 0.15) is 5.56 Å². The highest BCUT2D eigenvalue weighted by molar-refractivity contribution is 5.87. The van der Waals surface area contributed by atoms with Gasteiger partial charge in [0.2, 0.25) is 6.29 Å². The molecule has 0 spiro atoms. The van der Waals surface area contributed by atoms with Gasteiger partial charge in [0.05, 0.1) is 25.9 Å². The third-order valence-electron chi connectivity index (χ3n) is 7.07. The van der Waals surface area contributed by atoms with Crippen molar-refractivity contribution in [2.75, 3.05) is 13.7 Å². The van der Waals surface area contributed by atoms with E-state index in [9.17, 15) is 30.3 Å². The minimum atomic E-state index is -1.80. The molecule has 12 nitrogen and oxygen atoms in total. The van der Waals surface area contributed by atoms with E-state index in [1.54, 1.807) is 43.5 Å². The molecule has 196 valence electrons. The third kappa shape index (κ3) is 4.29. The summed E-state index contributed by atoms with van der Waals surface area (Å²) in [5.41, 5.74) is -0.356. The molecule has 2 unspecified atom stereocenters. The fraction of sp³-hybridized carbons (Fsp3) is 0.542. The number of methoxy groups -OCH3 is 1. The molecule has 3 fully saturated rings.